The van der Waals surface area contributed by atoms with E-state index in [4.69, 9.17) is 0 Å². The van der Waals surface area contributed by atoms with Crippen LogP contribution in [-0.2, 0) is 10.9 Å². The van der Waals surface area contributed by atoms with E-state index in [9.17, 15) is 21.6 Å². The Balaban J connectivity index is 2.06. The van der Waals surface area contributed by atoms with Crippen molar-refractivity contribution in [1.82, 2.24) is 9.36 Å². The quantitative estimate of drug-likeness (QED) is 0.452. The molecule has 0 bridgehead atoms. The lowest BCUT2D eigenvalue weighted by molar-refractivity contribution is -0.115. The summed E-state index contributed by atoms with van der Waals surface area (Å²) in [5, 5.41) is 7.71. The maximum atomic E-state index is 13.3. The molecule has 1 aliphatic heterocycles. The normalized spacial score (nSPS) is 15.2. The van der Waals surface area contributed by atoms with E-state index in [-0.39, 0.29) is 10.8 Å². The fourth-order valence-corrected chi connectivity index (χ4v) is 3.70. The number of alkyl halides is 3. The van der Waals surface area contributed by atoms with Crippen molar-refractivity contribution >= 4 is 44.6 Å². The van der Waals surface area contributed by atoms with Crippen molar-refractivity contribution in [3.63, 3.8) is 0 Å². The molecule has 27 heavy (non-hydrogen) atoms. The second-order valence-electron chi connectivity index (χ2n) is 5.71. The van der Waals surface area contributed by atoms with Gasteiger partial charge >= 0.3 is 6.30 Å². The SMILES string of the molecule is Cc1nsc(N=Nc2ccc(N3CCCC3)cc2N([SH](=O)=O)C(F)(F)F)n1. The third-order valence-corrected chi connectivity index (χ3v) is 5.28. The molecular weight excluding hydrogens is 405 g/mol. The molecule has 13 heteroatoms. The van der Waals surface area contributed by atoms with Gasteiger partial charge in [-0.2, -0.15) is 8.68 Å². The van der Waals surface area contributed by atoms with Crippen LogP contribution >= 0.6 is 11.5 Å². The number of aryl methyl sites for hydroxylation is 1. The van der Waals surface area contributed by atoms with Gasteiger partial charge in [-0.05, 0) is 38.0 Å². The number of benzene rings is 1. The Kier molecular flexibility index (Phi) is 5.60. The number of azo groups is 1. The van der Waals surface area contributed by atoms with E-state index >= 15 is 0 Å². The van der Waals surface area contributed by atoms with Crippen LogP contribution in [-0.4, -0.2) is 37.2 Å². The van der Waals surface area contributed by atoms with Crippen LogP contribution in [0.25, 0.3) is 0 Å². The Morgan fingerprint density at radius 3 is 2.48 bits per heavy atom. The van der Waals surface area contributed by atoms with Gasteiger partial charge < -0.3 is 4.90 Å². The number of anilines is 2. The molecule has 146 valence electrons. The van der Waals surface area contributed by atoms with Gasteiger partial charge in [0.15, 0.2) is 0 Å². The van der Waals surface area contributed by atoms with Crippen LogP contribution in [0.4, 0.5) is 35.4 Å². The molecule has 0 N–H and O–H groups in total. The standard InChI is InChI=1S/C14H15F3N6O2S2/c1-9-18-13(26-21-9)20-19-11-5-4-10(22-6-2-3-7-22)8-12(11)23(27(24)25)14(15,16)17/h4-5,8,27H,2-3,6-7H2,1H3. The summed E-state index contributed by atoms with van der Waals surface area (Å²) in [6.45, 7) is 3.03. The van der Waals surface area contributed by atoms with Crippen molar-refractivity contribution in [2.24, 2.45) is 10.2 Å². The van der Waals surface area contributed by atoms with Gasteiger partial charge in [-0.1, -0.05) is 0 Å². The van der Waals surface area contributed by atoms with Crippen LogP contribution in [0.15, 0.2) is 28.4 Å². The molecule has 3 rings (SSSR count). The van der Waals surface area contributed by atoms with E-state index in [0.717, 1.165) is 24.4 Å². The number of aromatic nitrogens is 2. The minimum Gasteiger partial charge on any atom is -0.371 e. The summed E-state index contributed by atoms with van der Waals surface area (Å²) >= 11 is 0.933. The van der Waals surface area contributed by atoms with E-state index in [2.05, 4.69) is 19.6 Å². The molecule has 0 saturated carbocycles. The highest BCUT2D eigenvalue weighted by molar-refractivity contribution is 7.74. The van der Waals surface area contributed by atoms with E-state index in [0.29, 0.717) is 24.6 Å². The van der Waals surface area contributed by atoms with Crippen molar-refractivity contribution in [2.75, 3.05) is 22.3 Å². The molecule has 0 amide bonds. The van der Waals surface area contributed by atoms with Gasteiger partial charge in [0.1, 0.15) is 11.5 Å². The maximum absolute atomic E-state index is 13.3. The van der Waals surface area contributed by atoms with Crippen molar-refractivity contribution in [3.8, 4) is 0 Å². The smallest absolute Gasteiger partial charge is 0.371 e. The lowest BCUT2D eigenvalue weighted by Crippen LogP contribution is -2.36. The average Bonchev–Trinajstić information content (AvgIpc) is 3.23. The molecule has 2 heterocycles. The third kappa shape index (κ3) is 4.53. The number of hydrogen-bond donors (Lipinski definition) is 1. The maximum Gasteiger partial charge on any atom is 0.498 e. The lowest BCUT2D eigenvalue weighted by Gasteiger charge is -2.24. The van der Waals surface area contributed by atoms with E-state index in [1.165, 1.54) is 12.1 Å². The molecular formula is C14H15F3N6O2S2. The van der Waals surface area contributed by atoms with Crippen molar-refractivity contribution in [1.29, 1.82) is 0 Å². The molecule has 2 aromatic rings. The van der Waals surface area contributed by atoms with Gasteiger partial charge in [0.25, 0.3) is 0 Å². The summed E-state index contributed by atoms with van der Waals surface area (Å²) in [5.41, 5.74) is -0.338. The predicted molar refractivity (Wildman–Crippen MR) is 95.6 cm³/mol. The Bertz CT molecular complexity index is 914. The molecule has 0 atom stereocenters. The summed E-state index contributed by atoms with van der Waals surface area (Å²) in [6.07, 6.45) is -3.28. The van der Waals surface area contributed by atoms with Crippen LogP contribution in [0, 0.1) is 6.92 Å². The second kappa shape index (κ2) is 7.76. The van der Waals surface area contributed by atoms with Crippen LogP contribution in [0.5, 0.6) is 0 Å². The zero-order valence-electron chi connectivity index (χ0n) is 14.0. The number of hydrogen-bond acceptors (Lipinski definition) is 8. The Hall–Kier alpha value is -2.28. The highest BCUT2D eigenvalue weighted by Crippen LogP contribution is 2.40. The molecule has 0 aliphatic carbocycles. The number of rotatable bonds is 5. The zero-order valence-corrected chi connectivity index (χ0v) is 15.8. The van der Waals surface area contributed by atoms with Crippen molar-refractivity contribution in [3.05, 3.63) is 24.0 Å². The summed E-state index contributed by atoms with van der Waals surface area (Å²) < 4.78 is 66.0. The molecule has 1 aromatic heterocycles. The lowest BCUT2D eigenvalue weighted by atomic mass is 10.2. The number of nitrogens with zero attached hydrogens (tertiary/aromatic N) is 6. The molecule has 0 spiro atoms. The summed E-state index contributed by atoms with van der Waals surface area (Å²) in [7, 11) is -3.97. The van der Waals surface area contributed by atoms with Crippen LogP contribution in [0.2, 0.25) is 0 Å². The van der Waals surface area contributed by atoms with Crippen molar-refractivity contribution in [2.45, 2.75) is 26.1 Å². The minimum absolute atomic E-state index is 0.159. The molecule has 0 radical (unpaired) electrons. The zero-order chi connectivity index (χ0) is 19.6. The fourth-order valence-electron chi connectivity index (χ4n) is 2.68. The first-order valence-electron chi connectivity index (χ1n) is 7.88. The Labute approximate surface area is 158 Å². The van der Waals surface area contributed by atoms with Gasteiger partial charge in [0.05, 0.1) is 5.69 Å². The topological polar surface area (TPSA) is 91.1 Å². The van der Waals surface area contributed by atoms with Gasteiger partial charge in [0, 0.05) is 30.3 Å². The van der Waals surface area contributed by atoms with E-state index in [1.54, 1.807) is 13.0 Å². The van der Waals surface area contributed by atoms with Crippen LogP contribution in [0.1, 0.15) is 18.7 Å². The summed E-state index contributed by atoms with van der Waals surface area (Å²) in [4.78, 5) is 5.84. The molecule has 1 saturated heterocycles. The van der Waals surface area contributed by atoms with E-state index < -0.39 is 27.2 Å². The van der Waals surface area contributed by atoms with Gasteiger partial charge in [0.2, 0.25) is 16.0 Å². The molecule has 1 fully saturated rings. The Morgan fingerprint density at radius 1 is 1.22 bits per heavy atom. The molecule has 0 unspecified atom stereocenters. The largest absolute Gasteiger partial charge is 0.498 e. The first-order valence-corrected chi connectivity index (χ1v) is 9.78. The van der Waals surface area contributed by atoms with E-state index in [1.807, 2.05) is 4.90 Å². The van der Waals surface area contributed by atoms with Gasteiger partial charge in [-0.15, -0.1) is 23.4 Å². The van der Waals surface area contributed by atoms with Crippen LogP contribution in [0.3, 0.4) is 0 Å². The van der Waals surface area contributed by atoms with Crippen molar-refractivity contribution < 1.29 is 21.6 Å². The fraction of sp³-hybridized carbons (Fsp3) is 0.429. The Morgan fingerprint density at radius 2 is 1.93 bits per heavy atom. The predicted octanol–water partition coefficient (Wildman–Crippen LogP) is 3.71. The molecule has 1 aliphatic rings. The van der Waals surface area contributed by atoms with Gasteiger partial charge in [-0.3, -0.25) is 0 Å². The van der Waals surface area contributed by atoms with Gasteiger partial charge in [-0.25, -0.2) is 13.4 Å². The number of thiol groups is 1. The molecule has 1 aromatic carbocycles. The second-order valence-corrected chi connectivity index (χ2v) is 7.31. The average molecular weight is 420 g/mol. The van der Waals surface area contributed by atoms with Crippen LogP contribution < -0.4 is 9.21 Å². The summed E-state index contributed by atoms with van der Waals surface area (Å²) in [5.74, 6) is 0.457. The highest BCUT2D eigenvalue weighted by Gasteiger charge is 2.41. The minimum atomic E-state index is -5.12. The monoisotopic (exact) mass is 420 g/mol. The first kappa shape index (κ1) is 19.5. The molecule has 8 nitrogen and oxygen atoms in total. The third-order valence-electron chi connectivity index (χ3n) is 3.82. The first-order chi connectivity index (χ1) is 12.8. The number of halogens is 3. The highest BCUT2D eigenvalue weighted by atomic mass is 32.2. The summed E-state index contributed by atoms with van der Waals surface area (Å²) in [6, 6.07) is 4.09.